The Bertz CT molecular complexity index is 372. The zero-order valence-corrected chi connectivity index (χ0v) is 12.0. The average molecular weight is 262 g/mol. The van der Waals surface area contributed by atoms with E-state index in [1.807, 2.05) is 6.07 Å². The van der Waals surface area contributed by atoms with E-state index in [1.54, 1.807) is 6.26 Å². The summed E-state index contributed by atoms with van der Waals surface area (Å²) in [6.07, 6.45) is 8.55. The molecule has 2 fully saturated rings. The second kappa shape index (κ2) is 6.10. The summed E-state index contributed by atoms with van der Waals surface area (Å²) in [6, 6.07) is 5.71. The predicted octanol–water partition coefficient (Wildman–Crippen LogP) is 3.02. The van der Waals surface area contributed by atoms with Crippen molar-refractivity contribution in [1.29, 1.82) is 0 Å². The van der Waals surface area contributed by atoms with E-state index in [-0.39, 0.29) is 0 Å². The van der Waals surface area contributed by atoms with Crippen molar-refractivity contribution in [3.05, 3.63) is 24.2 Å². The van der Waals surface area contributed by atoms with Gasteiger partial charge >= 0.3 is 0 Å². The number of furan rings is 1. The molecule has 19 heavy (non-hydrogen) atoms. The van der Waals surface area contributed by atoms with E-state index in [0.717, 1.165) is 36.9 Å². The molecule has 0 bridgehead atoms. The summed E-state index contributed by atoms with van der Waals surface area (Å²) in [4.78, 5) is 2.71. The summed E-state index contributed by atoms with van der Waals surface area (Å²) >= 11 is 0. The van der Waals surface area contributed by atoms with Crippen LogP contribution in [0.3, 0.4) is 0 Å². The third-order valence-corrected chi connectivity index (χ3v) is 4.57. The van der Waals surface area contributed by atoms with Crippen molar-refractivity contribution in [3.8, 4) is 0 Å². The lowest BCUT2D eigenvalue weighted by Gasteiger charge is -2.44. The molecule has 1 heterocycles. The van der Waals surface area contributed by atoms with Gasteiger partial charge in [-0.1, -0.05) is 6.92 Å². The van der Waals surface area contributed by atoms with Crippen LogP contribution < -0.4 is 5.32 Å². The van der Waals surface area contributed by atoms with Crippen molar-refractivity contribution in [2.45, 2.75) is 57.7 Å². The minimum Gasteiger partial charge on any atom is -0.468 e. The molecular weight excluding hydrogens is 236 g/mol. The van der Waals surface area contributed by atoms with E-state index in [1.165, 1.54) is 38.6 Å². The fourth-order valence-corrected chi connectivity index (χ4v) is 3.20. The molecule has 2 aliphatic rings. The molecule has 0 amide bonds. The van der Waals surface area contributed by atoms with Gasteiger partial charge in [0.25, 0.3) is 0 Å². The highest BCUT2D eigenvalue weighted by Gasteiger charge is 2.41. The Kier molecular flexibility index (Phi) is 4.24. The van der Waals surface area contributed by atoms with Crippen molar-refractivity contribution < 1.29 is 4.42 Å². The van der Waals surface area contributed by atoms with Crippen LogP contribution >= 0.6 is 0 Å². The second-order valence-electron chi connectivity index (χ2n) is 6.09. The molecule has 3 rings (SSSR count). The SMILES string of the molecule is CCCNCC1CCC1N(Cc1ccco1)C1CC1. The van der Waals surface area contributed by atoms with Crippen molar-refractivity contribution in [2.24, 2.45) is 5.92 Å². The van der Waals surface area contributed by atoms with Gasteiger partial charge in [0.1, 0.15) is 5.76 Å². The maximum Gasteiger partial charge on any atom is 0.117 e. The number of nitrogens with one attached hydrogen (secondary N) is 1. The van der Waals surface area contributed by atoms with Gasteiger partial charge < -0.3 is 9.73 Å². The molecule has 2 unspecified atom stereocenters. The zero-order valence-electron chi connectivity index (χ0n) is 12.0. The van der Waals surface area contributed by atoms with Gasteiger partial charge in [-0.05, 0) is 63.2 Å². The molecule has 0 radical (unpaired) electrons. The summed E-state index contributed by atoms with van der Waals surface area (Å²) in [5, 5.41) is 3.59. The summed E-state index contributed by atoms with van der Waals surface area (Å²) in [6.45, 7) is 5.59. The first-order chi connectivity index (χ1) is 9.38. The van der Waals surface area contributed by atoms with Crippen LogP contribution in [0.5, 0.6) is 0 Å². The summed E-state index contributed by atoms with van der Waals surface area (Å²) in [5.41, 5.74) is 0. The van der Waals surface area contributed by atoms with Crippen LogP contribution in [-0.4, -0.2) is 30.1 Å². The number of hydrogen-bond acceptors (Lipinski definition) is 3. The molecule has 106 valence electrons. The topological polar surface area (TPSA) is 28.4 Å². The Morgan fingerprint density at radius 3 is 2.79 bits per heavy atom. The maximum atomic E-state index is 5.54. The highest BCUT2D eigenvalue weighted by molar-refractivity contribution is 5.03. The van der Waals surface area contributed by atoms with Gasteiger partial charge in [0.15, 0.2) is 0 Å². The monoisotopic (exact) mass is 262 g/mol. The Labute approximate surface area is 116 Å². The number of hydrogen-bond donors (Lipinski definition) is 1. The van der Waals surface area contributed by atoms with Gasteiger partial charge in [-0.15, -0.1) is 0 Å². The minimum atomic E-state index is 0.780. The lowest BCUT2D eigenvalue weighted by atomic mass is 9.78. The van der Waals surface area contributed by atoms with Gasteiger partial charge in [-0.3, -0.25) is 4.90 Å². The molecule has 0 aliphatic heterocycles. The Balaban J connectivity index is 1.54. The molecule has 2 aliphatic carbocycles. The first-order valence-corrected chi connectivity index (χ1v) is 7.87. The van der Waals surface area contributed by atoms with E-state index in [9.17, 15) is 0 Å². The summed E-state index contributed by atoms with van der Waals surface area (Å²) < 4.78 is 5.54. The van der Waals surface area contributed by atoms with E-state index in [4.69, 9.17) is 4.42 Å². The molecule has 3 heteroatoms. The minimum absolute atomic E-state index is 0.780. The first kappa shape index (κ1) is 13.2. The maximum absolute atomic E-state index is 5.54. The molecular formula is C16H26N2O. The zero-order chi connectivity index (χ0) is 13.1. The van der Waals surface area contributed by atoms with Crippen molar-refractivity contribution >= 4 is 0 Å². The largest absolute Gasteiger partial charge is 0.468 e. The Hall–Kier alpha value is -0.800. The Morgan fingerprint density at radius 2 is 2.21 bits per heavy atom. The van der Waals surface area contributed by atoms with Crippen LogP contribution in [-0.2, 0) is 6.54 Å². The lowest BCUT2D eigenvalue weighted by Crippen LogP contribution is -2.51. The van der Waals surface area contributed by atoms with Crippen molar-refractivity contribution in [1.82, 2.24) is 10.2 Å². The molecule has 1 aromatic rings. The molecule has 0 spiro atoms. The van der Waals surface area contributed by atoms with Crippen LogP contribution in [0.25, 0.3) is 0 Å². The van der Waals surface area contributed by atoms with Gasteiger partial charge in [0.2, 0.25) is 0 Å². The normalized spacial score (nSPS) is 26.6. The van der Waals surface area contributed by atoms with Crippen LogP contribution in [0, 0.1) is 5.92 Å². The molecule has 1 aromatic heterocycles. The molecule has 0 saturated heterocycles. The third-order valence-electron chi connectivity index (χ3n) is 4.57. The van der Waals surface area contributed by atoms with Crippen molar-refractivity contribution in [3.63, 3.8) is 0 Å². The lowest BCUT2D eigenvalue weighted by molar-refractivity contribution is 0.0434. The van der Waals surface area contributed by atoms with E-state index < -0.39 is 0 Å². The smallest absolute Gasteiger partial charge is 0.117 e. The standard InChI is InChI=1S/C16H26N2O/c1-2-9-17-11-13-5-8-16(13)18(14-6-7-14)12-15-4-3-10-19-15/h3-4,10,13-14,16-17H,2,5-9,11-12H2,1H3. The summed E-state index contributed by atoms with van der Waals surface area (Å²) in [5.74, 6) is 1.97. The highest BCUT2D eigenvalue weighted by Crippen LogP contribution is 2.39. The van der Waals surface area contributed by atoms with Gasteiger partial charge in [0.05, 0.1) is 12.8 Å². The fraction of sp³-hybridized carbons (Fsp3) is 0.750. The molecule has 1 N–H and O–H groups in total. The molecule has 3 nitrogen and oxygen atoms in total. The molecule has 0 aromatic carbocycles. The van der Waals surface area contributed by atoms with E-state index in [0.29, 0.717) is 0 Å². The molecule has 2 saturated carbocycles. The average Bonchev–Trinajstić information content (AvgIpc) is 3.11. The fourth-order valence-electron chi connectivity index (χ4n) is 3.20. The van der Waals surface area contributed by atoms with Crippen LogP contribution in [0.1, 0.15) is 44.8 Å². The Morgan fingerprint density at radius 1 is 1.32 bits per heavy atom. The van der Waals surface area contributed by atoms with Gasteiger partial charge in [-0.25, -0.2) is 0 Å². The van der Waals surface area contributed by atoms with E-state index >= 15 is 0 Å². The number of rotatable bonds is 8. The van der Waals surface area contributed by atoms with Gasteiger partial charge in [-0.2, -0.15) is 0 Å². The predicted molar refractivity (Wildman–Crippen MR) is 76.9 cm³/mol. The van der Waals surface area contributed by atoms with Crippen molar-refractivity contribution in [2.75, 3.05) is 13.1 Å². The van der Waals surface area contributed by atoms with E-state index in [2.05, 4.69) is 23.2 Å². The third kappa shape index (κ3) is 3.21. The van der Waals surface area contributed by atoms with Crippen LogP contribution in [0.2, 0.25) is 0 Å². The summed E-state index contributed by atoms with van der Waals surface area (Å²) in [7, 11) is 0. The van der Waals surface area contributed by atoms with Crippen LogP contribution in [0.4, 0.5) is 0 Å². The highest BCUT2D eigenvalue weighted by atomic mass is 16.3. The quantitative estimate of drug-likeness (QED) is 0.730. The number of nitrogens with zero attached hydrogens (tertiary/aromatic N) is 1. The van der Waals surface area contributed by atoms with Crippen LogP contribution in [0.15, 0.2) is 22.8 Å². The second-order valence-corrected chi connectivity index (χ2v) is 6.09. The first-order valence-electron chi connectivity index (χ1n) is 7.87. The van der Waals surface area contributed by atoms with Gasteiger partial charge in [0, 0.05) is 12.1 Å². The molecule has 2 atom stereocenters.